The fourth-order valence-electron chi connectivity index (χ4n) is 5.33. The van der Waals surface area contributed by atoms with Crippen molar-refractivity contribution in [3.05, 3.63) is 35.9 Å². The van der Waals surface area contributed by atoms with Crippen molar-refractivity contribution >= 4 is 0 Å². The summed E-state index contributed by atoms with van der Waals surface area (Å²) in [5.74, 6) is 0. The standard InChI is InChI=1S/C26H38O16/c27-6-12-16(29)18(31)20(33)25(38-12)36-9-15-23(42-26-21(34)19(32)17(30)13(7-28)39-26)22(14-8-35-10-37-14)41-24(40-15)11-4-2-1-3-5-11/h1-5,12-34H,6-10H2/t12-,13-,14-,15+,16-,17-,18+,19+,20-,21-,22-,23?,24?,25-,26+/m1/s1. The first-order valence-electron chi connectivity index (χ1n) is 13.7. The molecule has 8 N–H and O–H groups in total. The van der Waals surface area contributed by atoms with Gasteiger partial charge in [0.05, 0.1) is 26.4 Å². The van der Waals surface area contributed by atoms with E-state index < -0.39 is 105 Å². The molecule has 0 saturated carbocycles. The second-order valence-electron chi connectivity index (χ2n) is 10.5. The van der Waals surface area contributed by atoms with Gasteiger partial charge < -0.3 is 78.7 Å². The van der Waals surface area contributed by atoms with Gasteiger partial charge >= 0.3 is 0 Å². The normalized spacial score (nSPS) is 46.5. The SMILES string of the molecule is OC[C@H]1O[C@@H](OC[C@@H]2OC(c3ccccc3)O[C@H]([C@H]3COCO3)C2O[C@@H]2O[C@H](CO)[C@@H](O)[C@H](O)[C@H]2O)[C@H](O)[C@@H](O)[C@@H]1O. The van der Waals surface area contributed by atoms with Crippen molar-refractivity contribution in [3.8, 4) is 0 Å². The molecule has 4 fully saturated rings. The number of benzene rings is 1. The maximum Gasteiger partial charge on any atom is 0.187 e. The molecule has 15 atom stereocenters. The van der Waals surface area contributed by atoms with Gasteiger partial charge in [-0.2, -0.15) is 0 Å². The molecule has 0 amide bonds. The summed E-state index contributed by atoms with van der Waals surface area (Å²) in [5, 5.41) is 81.1. The highest BCUT2D eigenvalue weighted by Crippen LogP contribution is 2.37. The van der Waals surface area contributed by atoms with Crippen LogP contribution in [0, 0.1) is 0 Å². The van der Waals surface area contributed by atoms with Crippen LogP contribution in [0.5, 0.6) is 0 Å². The Hall–Kier alpha value is -1.42. The van der Waals surface area contributed by atoms with Crippen LogP contribution < -0.4 is 0 Å². The zero-order valence-corrected chi connectivity index (χ0v) is 22.4. The van der Waals surface area contributed by atoms with Crippen LogP contribution >= 0.6 is 0 Å². The van der Waals surface area contributed by atoms with Crippen molar-refractivity contribution in [2.75, 3.05) is 33.2 Å². The third-order valence-corrected chi connectivity index (χ3v) is 7.77. The Morgan fingerprint density at radius 1 is 0.690 bits per heavy atom. The fourth-order valence-corrected chi connectivity index (χ4v) is 5.33. The van der Waals surface area contributed by atoms with Gasteiger partial charge in [-0.15, -0.1) is 0 Å². The lowest BCUT2D eigenvalue weighted by atomic mass is 9.97. The molecule has 4 heterocycles. The summed E-state index contributed by atoms with van der Waals surface area (Å²) in [7, 11) is 0. The monoisotopic (exact) mass is 606 g/mol. The predicted molar refractivity (Wildman–Crippen MR) is 133 cm³/mol. The van der Waals surface area contributed by atoms with E-state index in [1.54, 1.807) is 24.3 Å². The third kappa shape index (κ3) is 6.64. The van der Waals surface area contributed by atoms with E-state index in [9.17, 15) is 40.9 Å². The minimum Gasteiger partial charge on any atom is -0.394 e. The maximum atomic E-state index is 10.7. The van der Waals surface area contributed by atoms with Crippen LogP contribution in [0.3, 0.4) is 0 Å². The van der Waals surface area contributed by atoms with Crippen LogP contribution in [-0.2, 0) is 37.9 Å². The number of rotatable bonds is 9. The zero-order valence-electron chi connectivity index (χ0n) is 22.4. The summed E-state index contributed by atoms with van der Waals surface area (Å²) in [6.07, 6.45) is -20.3. The number of hydrogen-bond acceptors (Lipinski definition) is 16. The maximum absolute atomic E-state index is 10.7. The summed E-state index contributed by atoms with van der Waals surface area (Å²) in [6, 6.07) is 8.90. The van der Waals surface area contributed by atoms with E-state index in [0.29, 0.717) is 5.56 Å². The molecule has 0 bridgehead atoms. The Kier molecular flexibility index (Phi) is 10.8. The molecule has 4 saturated heterocycles. The van der Waals surface area contributed by atoms with Gasteiger partial charge in [-0.25, -0.2) is 0 Å². The number of aliphatic hydroxyl groups is 8. The molecular formula is C26H38O16. The number of hydrogen-bond donors (Lipinski definition) is 8. The lowest BCUT2D eigenvalue weighted by Crippen LogP contribution is -2.63. The summed E-state index contributed by atoms with van der Waals surface area (Å²) >= 11 is 0. The molecule has 4 aliphatic rings. The van der Waals surface area contributed by atoms with Crippen LogP contribution in [0.15, 0.2) is 30.3 Å². The van der Waals surface area contributed by atoms with Crippen molar-refractivity contribution in [1.82, 2.24) is 0 Å². The highest BCUT2D eigenvalue weighted by atomic mass is 16.8. The van der Waals surface area contributed by atoms with E-state index in [2.05, 4.69) is 0 Å². The minimum atomic E-state index is -1.73. The molecule has 2 unspecified atom stereocenters. The van der Waals surface area contributed by atoms with Gasteiger partial charge in [-0.1, -0.05) is 30.3 Å². The van der Waals surface area contributed by atoms with Crippen molar-refractivity contribution in [3.63, 3.8) is 0 Å². The Morgan fingerprint density at radius 2 is 1.31 bits per heavy atom. The van der Waals surface area contributed by atoms with Gasteiger partial charge in [0.25, 0.3) is 0 Å². The Morgan fingerprint density at radius 3 is 1.90 bits per heavy atom. The van der Waals surface area contributed by atoms with E-state index in [4.69, 9.17) is 37.9 Å². The predicted octanol–water partition coefficient (Wildman–Crippen LogP) is -4.16. The molecule has 0 aliphatic carbocycles. The van der Waals surface area contributed by atoms with E-state index in [1.807, 2.05) is 6.07 Å². The average Bonchev–Trinajstić information content (AvgIpc) is 3.55. The van der Waals surface area contributed by atoms with E-state index >= 15 is 0 Å². The minimum absolute atomic E-state index is 0.0276. The second-order valence-corrected chi connectivity index (χ2v) is 10.5. The quantitative estimate of drug-likeness (QED) is 0.133. The molecule has 1 aromatic rings. The first-order valence-corrected chi connectivity index (χ1v) is 13.7. The summed E-state index contributed by atoms with van der Waals surface area (Å²) in [6.45, 7) is -1.62. The highest BCUT2D eigenvalue weighted by molar-refractivity contribution is 5.17. The van der Waals surface area contributed by atoms with Gasteiger partial charge in [-0.05, 0) is 0 Å². The van der Waals surface area contributed by atoms with Gasteiger partial charge in [0.2, 0.25) is 0 Å². The fraction of sp³-hybridized carbons (Fsp3) is 0.769. The lowest BCUT2D eigenvalue weighted by Gasteiger charge is -2.47. The van der Waals surface area contributed by atoms with E-state index in [1.165, 1.54) is 0 Å². The molecule has 0 spiro atoms. The summed E-state index contributed by atoms with van der Waals surface area (Å²) in [5.41, 5.74) is 0.630. The topological polar surface area (TPSA) is 236 Å². The van der Waals surface area contributed by atoms with Crippen molar-refractivity contribution in [2.24, 2.45) is 0 Å². The first kappa shape index (κ1) is 32.0. The summed E-state index contributed by atoms with van der Waals surface area (Å²) < 4.78 is 46.5. The van der Waals surface area contributed by atoms with E-state index in [-0.39, 0.29) is 20.0 Å². The molecule has 1 aromatic carbocycles. The number of aliphatic hydroxyl groups excluding tert-OH is 8. The average molecular weight is 607 g/mol. The molecule has 0 radical (unpaired) electrons. The smallest absolute Gasteiger partial charge is 0.187 e. The highest BCUT2D eigenvalue weighted by Gasteiger charge is 2.52. The Balaban J connectivity index is 1.41. The summed E-state index contributed by atoms with van der Waals surface area (Å²) in [4.78, 5) is 0. The second kappa shape index (κ2) is 14.1. The Labute approximate surface area is 240 Å². The van der Waals surface area contributed by atoms with Gasteiger partial charge in [-0.3, -0.25) is 0 Å². The molecule has 0 aromatic heterocycles. The lowest BCUT2D eigenvalue weighted by molar-refractivity contribution is -0.375. The van der Waals surface area contributed by atoms with Gasteiger partial charge in [0.1, 0.15) is 80.0 Å². The third-order valence-electron chi connectivity index (χ3n) is 7.77. The zero-order chi connectivity index (χ0) is 30.0. The molecule has 4 aliphatic heterocycles. The van der Waals surface area contributed by atoms with Gasteiger partial charge in [0.15, 0.2) is 18.9 Å². The van der Waals surface area contributed by atoms with Crippen molar-refractivity contribution in [1.29, 1.82) is 0 Å². The van der Waals surface area contributed by atoms with Crippen LogP contribution in [0.25, 0.3) is 0 Å². The van der Waals surface area contributed by atoms with Crippen LogP contribution in [0.2, 0.25) is 0 Å². The largest absolute Gasteiger partial charge is 0.394 e. The van der Waals surface area contributed by atoms with Crippen LogP contribution in [-0.4, -0.2) is 160 Å². The van der Waals surface area contributed by atoms with E-state index in [0.717, 1.165) is 0 Å². The number of ether oxygens (including phenoxy) is 8. The molecular weight excluding hydrogens is 568 g/mol. The first-order chi connectivity index (χ1) is 20.2. The molecule has 5 rings (SSSR count). The van der Waals surface area contributed by atoms with Gasteiger partial charge in [0, 0.05) is 5.56 Å². The molecule has 16 heteroatoms. The van der Waals surface area contributed by atoms with Crippen molar-refractivity contribution < 1.29 is 78.7 Å². The Bertz CT molecular complexity index is 963. The van der Waals surface area contributed by atoms with Crippen molar-refractivity contribution in [2.45, 2.75) is 92.1 Å². The molecule has 238 valence electrons. The van der Waals surface area contributed by atoms with Crippen LogP contribution in [0.4, 0.5) is 0 Å². The van der Waals surface area contributed by atoms with Crippen LogP contribution in [0.1, 0.15) is 11.9 Å². The molecule has 16 nitrogen and oxygen atoms in total. The molecule has 42 heavy (non-hydrogen) atoms.